The predicted molar refractivity (Wildman–Crippen MR) is 27.9 cm³/mol. The molecule has 0 aromatic rings. The first kappa shape index (κ1) is 7.20. The zero-order valence-corrected chi connectivity index (χ0v) is 4.79. The lowest BCUT2D eigenvalue weighted by Crippen LogP contribution is -2.00. The zero-order valence-electron chi connectivity index (χ0n) is 4.79. The molecule has 4 heteroatoms. The van der Waals surface area contributed by atoms with E-state index in [0.29, 0.717) is 0 Å². The molecule has 0 aromatic carbocycles. The molecule has 0 radical (unpaired) electrons. The fourth-order valence-electron chi connectivity index (χ4n) is 0.283. The maximum Gasteiger partial charge on any atom is 0.294 e. The van der Waals surface area contributed by atoms with Gasteiger partial charge in [0.25, 0.3) is 5.09 Å². The van der Waals surface area contributed by atoms with E-state index in [0.717, 1.165) is 12.8 Å². The van der Waals surface area contributed by atoms with Crippen LogP contribution in [0.5, 0.6) is 0 Å². The van der Waals surface area contributed by atoms with Gasteiger partial charge in [-0.2, -0.15) is 0 Å². The van der Waals surface area contributed by atoms with Gasteiger partial charge in [-0.05, 0) is 6.42 Å². The summed E-state index contributed by atoms with van der Waals surface area (Å²) in [5, 5.41) is 8.69. The van der Waals surface area contributed by atoms with Gasteiger partial charge < -0.3 is 4.84 Å². The van der Waals surface area contributed by atoms with Gasteiger partial charge in [0.1, 0.15) is 0 Å². The van der Waals surface area contributed by atoms with E-state index in [9.17, 15) is 10.1 Å². The molecule has 0 amide bonds. The molecule has 4 nitrogen and oxygen atoms in total. The smallest absolute Gasteiger partial charge is 0.294 e. The first-order valence-electron chi connectivity index (χ1n) is 2.54. The molecule has 0 aliphatic rings. The van der Waals surface area contributed by atoms with Crippen molar-refractivity contribution in [3.8, 4) is 0 Å². The summed E-state index contributed by atoms with van der Waals surface area (Å²) in [5.41, 5.74) is 0. The summed E-state index contributed by atoms with van der Waals surface area (Å²) >= 11 is 0. The van der Waals surface area contributed by atoms with Crippen molar-refractivity contribution >= 4 is 0 Å². The second kappa shape index (κ2) is 4.36. The fourth-order valence-corrected chi connectivity index (χ4v) is 0.283. The van der Waals surface area contributed by atoms with Crippen LogP contribution in [0.1, 0.15) is 19.8 Å². The van der Waals surface area contributed by atoms with Crippen LogP contribution in [0.2, 0.25) is 0 Å². The monoisotopic (exact) mass is 119 g/mol. The third-order valence-electron chi connectivity index (χ3n) is 0.695. The largest absolute Gasteiger partial charge is 0.314 e. The molecule has 0 spiro atoms. The third-order valence-corrected chi connectivity index (χ3v) is 0.695. The molecular formula is C4H9NO3. The number of rotatable bonds is 4. The number of nitrogens with zero attached hydrogens (tertiary/aromatic N) is 1. The summed E-state index contributed by atoms with van der Waals surface area (Å²) < 4.78 is 0. The highest BCUT2D eigenvalue weighted by Crippen LogP contribution is 1.86. The second-order valence-corrected chi connectivity index (χ2v) is 1.41. The zero-order chi connectivity index (χ0) is 6.41. The van der Waals surface area contributed by atoms with Crippen molar-refractivity contribution < 1.29 is 9.92 Å². The van der Waals surface area contributed by atoms with Crippen LogP contribution >= 0.6 is 0 Å². The Labute approximate surface area is 47.6 Å². The molecule has 0 atom stereocenters. The Kier molecular flexibility index (Phi) is 3.93. The normalized spacial score (nSPS) is 8.62. The Morgan fingerprint density at radius 1 is 1.75 bits per heavy atom. The summed E-state index contributed by atoms with van der Waals surface area (Å²) in [5.74, 6) is 0. The first-order valence-corrected chi connectivity index (χ1v) is 2.54. The van der Waals surface area contributed by atoms with Gasteiger partial charge in [0.05, 0.1) is 6.61 Å². The van der Waals surface area contributed by atoms with Gasteiger partial charge in [-0.25, -0.2) is 0 Å². The summed E-state index contributed by atoms with van der Waals surface area (Å²) in [4.78, 5) is 13.5. The van der Waals surface area contributed by atoms with Gasteiger partial charge in [-0.3, -0.25) is 0 Å². The van der Waals surface area contributed by atoms with Crippen molar-refractivity contribution in [3.63, 3.8) is 0 Å². The van der Waals surface area contributed by atoms with Crippen molar-refractivity contribution in [1.29, 1.82) is 0 Å². The minimum atomic E-state index is -0.768. The summed E-state index contributed by atoms with van der Waals surface area (Å²) in [6, 6.07) is 0. The Morgan fingerprint density at radius 2 is 2.38 bits per heavy atom. The standard InChI is InChI=1S/C4H9NO3/c1-2-3-4-8-5(6)7/h2-4H2,1H3. The third kappa shape index (κ3) is 5.20. The van der Waals surface area contributed by atoms with Gasteiger partial charge in [0.2, 0.25) is 0 Å². The van der Waals surface area contributed by atoms with Crippen LogP contribution in [-0.4, -0.2) is 11.7 Å². The van der Waals surface area contributed by atoms with Crippen LogP contribution in [-0.2, 0) is 4.84 Å². The van der Waals surface area contributed by atoms with E-state index in [1.54, 1.807) is 0 Å². The molecule has 0 aliphatic heterocycles. The highest BCUT2D eigenvalue weighted by Gasteiger charge is 1.89. The van der Waals surface area contributed by atoms with E-state index >= 15 is 0 Å². The van der Waals surface area contributed by atoms with Gasteiger partial charge in [-0.1, -0.05) is 13.3 Å². The average Bonchev–Trinajstić information content (AvgIpc) is 1.66. The second-order valence-electron chi connectivity index (χ2n) is 1.41. The van der Waals surface area contributed by atoms with Gasteiger partial charge in [-0.15, -0.1) is 10.1 Å². The highest BCUT2D eigenvalue weighted by molar-refractivity contribution is 4.25. The van der Waals surface area contributed by atoms with Crippen molar-refractivity contribution in [1.82, 2.24) is 0 Å². The predicted octanol–water partition coefficient (Wildman–Crippen LogP) is 0.995. The molecule has 0 saturated heterocycles. The Morgan fingerprint density at radius 3 is 2.75 bits per heavy atom. The average molecular weight is 119 g/mol. The van der Waals surface area contributed by atoms with E-state index in [1.165, 1.54) is 0 Å². The van der Waals surface area contributed by atoms with E-state index in [1.807, 2.05) is 6.92 Å². The van der Waals surface area contributed by atoms with Crippen LogP contribution in [0.3, 0.4) is 0 Å². The maximum atomic E-state index is 9.46. The minimum Gasteiger partial charge on any atom is -0.314 e. The fraction of sp³-hybridized carbons (Fsp3) is 1.00. The van der Waals surface area contributed by atoms with Crippen LogP contribution in [0.25, 0.3) is 0 Å². The van der Waals surface area contributed by atoms with Crippen LogP contribution in [0.15, 0.2) is 0 Å². The van der Waals surface area contributed by atoms with E-state index in [4.69, 9.17) is 0 Å². The summed E-state index contributed by atoms with van der Waals surface area (Å²) in [6.45, 7) is 2.17. The van der Waals surface area contributed by atoms with Gasteiger partial charge in [0, 0.05) is 0 Å². The molecular weight excluding hydrogens is 110 g/mol. The SMILES string of the molecule is CCCCO[N+](=O)[O-]. The lowest BCUT2D eigenvalue weighted by Gasteiger charge is -1.92. The molecule has 0 fully saturated rings. The van der Waals surface area contributed by atoms with Gasteiger partial charge in [0.15, 0.2) is 0 Å². The topological polar surface area (TPSA) is 52.4 Å². The Bertz CT molecular complexity index is 73.7. The molecule has 0 N–H and O–H groups in total. The van der Waals surface area contributed by atoms with E-state index < -0.39 is 5.09 Å². The maximum absolute atomic E-state index is 9.46. The lowest BCUT2D eigenvalue weighted by molar-refractivity contribution is -0.757. The van der Waals surface area contributed by atoms with Crippen molar-refractivity contribution in [2.45, 2.75) is 19.8 Å². The minimum absolute atomic E-state index is 0.226. The molecule has 0 bridgehead atoms. The summed E-state index contributed by atoms with van der Waals surface area (Å²) in [6.07, 6.45) is 1.68. The lowest BCUT2D eigenvalue weighted by atomic mass is 10.4. The highest BCUT2D eigenvalue weighted by atomic mass is 16.9. The molecule has 8 heavy (non-hydrogen) atoms. The van der Waals surface area contributed by atoms with Crippen molar-refractivity contribution in [2.24, 2.45) is 0 Å². The van der Waals surface area contributed by atoms with E-state index in [2.05, 4.69) is 4.84 Å². The molecule has 0 saturated carbocycles. The molecule has 0 aromatic heterocycles. The molecule has 0 unspecified atom stereocenters. The molecule has 0 aliphatic carbocycles. The van der Waals surface area contributed by atoms with Crippen LogP contribution in [0, 0.1) is 10.1 Å². The summed E-state index contributed by atoms with van der Waals surface area (Å²) in [7, 11) is 0. The first-order chi connectivity index (χ1) is 3.77. The molecule has 0 heterocycles. The quantitative estimate of drug-likeness (QED) is 0.315. The van der Waals surface area contributed by atoms with Crippen molar-refractivity contribution in [2.75, 3.05) is 6.61 Å². The van der Waals surface area contributed by atoms with Crippen molar-refractivity contribution in [3.05, 3.63) is 10.1 Å². The number of hydrogen-bond acceptors (Lipinski definition) is 3. The Hall–Kier alpha value is -0.800. The van der Waals surface area contributed by atoms with Gasteiger partial charge >= 0.3 is 0 Å². The van der Waals surface area contributed by atoms with Crippen LogP contribution < -0.4 is 0 Å². The number of unbranched alkanes of at least 4 members (excludes halogenated alkanes) is 1. The molecule has 48 valence electrons. The molecule has 0 rings (SSSR count). The van der Waals surface area contributed by atoms with E-state index in [-0.39, 0.29) is 6.61 Å². The van der Waals surface area contributed by atoms with Crippen LogP contribution in [0.4, 0.5) is 0 Å². The Balaban J connectivity index is 2.82. The number of hydrogen-bond donors (Lipinski definition) is 0.